The molecule has 0 aliphatic rings. The summed E-state index contributed by atoms with van der Waals surface area (Å²) in [6.45, 7) is 0. The van der Waals surface area contributed by atoms with E-state index in [9.17, 15) is 32.5 Å². The molecule has 1 amide bonds. The summed E-state index contributed by atoms with van der Waals surface area (Å²) in [6.07, 6.45) is -3.87. The highest BCUT2D eigenvalue weighted by Crippen LogP contribution is 2.29. The molecule has 132 valence electrons. The normalized spacial score (nSPS) is 11.2. The van der Waals surface area contributed by atoms with Gasteiger partial charge < -0.3 is 5.32 Å². The molecule has 0 aliphatic heterocycles. The van der Waals surface area contributed by atoms with E-state index in [0.29, 0.717) is 6.20 Å². The molecule has 6 nitrogen and oxygen atoms in total. The fourth-order valence-corrected chi connectivity index (χ4v) is 2.32. The molecule has 0 bridgehead atoms. The van der Waals surface area contributed by atoms with E-state index in [1.807, 2.05) is 0 Å². The molecule has 0 aliphatic carbocycles. The van der Waals surface area contributed by atoms with E-state index >= 15 is 0 Å². The van der Waals surface area contributed by atoms with Crippen molar-refractivity contribution < 1.29 is 27.3 Å². The number of nitro benzene ring substituents is 1. The Hall–Kier alpha value is -2.69. The van der Waals surface area contributed by atoms with Crippen LogP contribution in [0.15, 0.2) is 41.6 Å². The molecular formula is C14H9F4N3O3S. The van der Waals surface area contributed by atoms with Gasteiger partial charge in [0.15, 0.2) is 0 Å². The Bertz CT molecular complexity index is 797. The highest BCUT2D eigenvalue weighted by Gasteiger charge is 2.30. The summed E-state index contributed by atoms with van der Waals surface area (Å²) in [4.78, 5) is 25.2. The number of carbonyl (C=O) groups is 1. The number of hydrogen-bond donors (Lipinski definition) is 1. The summed E-state index contributed by atoms with van der Waals surface area (Å²) in [6, 6.07) is 4.60. The zero-order valence-electron chi connectivity index (χ0n) is 12.2. The molecule has 1 aromatic carbocycles. The van der Waals surface area contributed by atoms with Crippen molar-refractivity contribution in [2.75, 3.05) is 11.1 Å². The molecule has 0 spiro atoms. The maximum atomic E-state index is 13.5. The summed E-state index contributed by atoms with van der Waals surface area (Å²) in [5, 5.41) is 13.0. The highest BCUT2D eigenvalue weighted by atomic mass is 32.2. The summed E-state index contributed by atoms with van der Waals surface area (Å²) in [5.41, 5.74) is -1.67. The minimum Gasteiger partial charge on any atom is -0.323 e. The number of carbonyl (C=O) groups excluding carboxylic acids is 1. The molecule has 0 fully saturated rings. The van der Waals surface area contributed by atoms with Crippen LogP contribution in [0.3, 0.4) is 0 Å². The molecule has 0 unspecified atom stereocenters. The van der Waals surface area contributed by atoms with Crippen LogP contribution >= 0.6 is 11.8 Å². The van der Waals surface area contributed by atoms with Crippen molar-refractivity contribution in [2.45, 2.75) is 11.2 Å². The molecule has 25 heavy (non-hydrogen) atoms. The van der Waals surface area contributed by atoms with Gasteiger partial charge in [-0.3, -0.25) is 14.9 Å². The minimum atomic E-state index is -4.51. The number of halogens is 4. The maximum Gasteiger partial charge on any atom is 0.417 e. The minimum absolute atomic E-state index is 0.169. The number of benzene rings is 1. The van der Waals surface area contributed by atoms with Gasteiger partial charge in [0, 0.05) is 18.3 Å². The lowest BCUT2D eigenvalue weighted by atomic mass is 10.2. The van der Waals surface area contributed by atoms with Gasteiger partial charge >= 0.3 is 6.18 Å². The number of anilines is 1. The average molecular weight is 375 g/mol. The standard InChI is InChI=1S/C14H9F4N3O3S/c15-10-3-2-9(21(23)24)5-11(10)20-12(22)7-25-13-4-1-8(6-19-13)14(16,17)18/h1-6H,7H2,(H,20,22). The first kappa shape index (κ1) is 18.6. The first-order valence-corrected chi connectivity index (χ1v) is 7.55. The molecule has 0 saturated heterocycles. The summed E-state index contributed by atoms with van der Waals surface area (Å²) >= 11 is 0.837. The maximum absolute atomic E-state index is 13.5. The third-order valence-electron chi connectivity index (χ3n) is 2.85. The lowest BCUT2D eigenvalue weighted by Crippen LogP contribution is -2.15. The molecule has 1 aromatic heterocycles. The van der Waals surface area contributed by atoms with E-state index in [1.54, 1.807) is 0 Å². The van der Waals surface area contributed by atoms with Crippen molar-refractivity contribution in [1.82, 2.24) is 4.98 Å². The number of rotatable bonds is 5. The molecule has 2 aromatic rings. The second kappa shape index (κ2) is 7.47. The Morgan fingerprint density at radius 1 is 1.28 bits per heavy atom. The second-order valence-corrected chi connectivity index (χ2v) is 5.64. The number of pyridine rings is 1. The van der Waals surface area contributed by atoms with Crippen molar-refractivity contribution in [2.24, 2.45) is 0 Å². The number of amides is 1. The van der Waals surface area contributed by atoms with Gasteiger partial charge in [0.05, 0.1) is 27.0 Å². The van der Waals surface area contributed by atoms with Crippen LogP contribution in [0.2, 0.25) is 0 Å². The molecule has 0 radical (unpaired) electrons. The number of alkyl halides is 3. The van der Waals surface area contributed by atoms with Crippen molar-refractivity contribution in [3.8, 4) is 0 Å². The van der Waals surface area contributed by atoms with Crippen LogP contribution in [0.4, 0.5) is 28.9 Å². The second-order valence-electron chi connectivity index (χ2n) is 4.64. The van der Waals surface area contributed by atoms with E-state index in [0.717, 1.165) is 42.1 Å². The van der Waals surface area contributed by atoms with E-state index < -0.39 is 34.1 Å². The Morgan fingerprint density at radius 2 is 2.00 bits per heavy atom. The molecule has 2 rings (SSSR count). The van der Waals surface area contributed by atoms with Crippen LogP contribution in [-0.2, 0) is 11.0 Å². The van der Waals surface area contributed by atoms with Gasteiger partial charge in [-0.25, -0.2) is 9.37 Å². The van der Waals surface area contributed by atoms with Crippen LogP contribution in [0, 0.1) is 15.9 Å². The monoisotopic (exact) mass is 375 g/mol. The van der Waals surface area contributed by atoms with Gasteiger partial charge in [-0.2, -0.15) is 13.2 Å². The number of nitrogens with zero attached hydrogens (tertiary/aromatic N) is 2. The SMILES string of the molecule is O=C(CSc1ccc(C(F)(F)F)cn1)Nc1cc([N+](=O)[O-])ccc1F. The number of aromatic nitrogens is 1. The van der Waals surface area contributed by atoms with Gasteiger partial charge in [0.2, 0.25) is 5.91 Å². The lowest BCUT2D eigenvalue weighted by molar-refractivity contribution is -0.384. The first-order chi connectivity index (χ1) is 11.7. The molecule has 0 atom stereocenters. The predicted octanol–water partition coefficient (Wildman–Crippen LogP) is 3.88. The predicted molar refractivity (Wildman–Crippen MR) is 81.6 cm³/mol. The summed E-state index contributed by atoms with van der Waals surface area (Å²) in [5.74, 6) is -1.80. The van der Waals surface area contributed by atoms with E-state index in [2.05, 4.69) is 10.3 Å². The van der Waals surface area contributed by atoms with Crippen LogP contribution < -0.4 is 5.32 Å². The molecule has 0 saturated carbocycles. The van der Waals surface area contributed by atoms with Gasteiger partial charge in [0.25, 0.3) is 5.69 Å². The van der Waals surface area contributed by atoms with Gasteiger partial charge in [0.1, 0.15) is 5.82 Å². The summed E-state index contributed by atoms with van der Waals surface area (Å²) < 4.78 is 50.8. The van der Waals surface area contributed by atoms with Crippen molar-refractivity contribution in [1.29, 1.82) is 0 Å². The zero-order valence-corrected chi connectivity index (χ0v) is 13.0. The number of nitrogens with one attached hydrogen (secondary N) is 1. The Kier molecular flexibility index (Phi) is 5.57. The third-order valence-corrected chi connectivity index (χ3v) is 3.79. The molecule has 1 heterocycles. The van der Waals surface area contributed by atoms with E-state index in [1.165, 1.54) is 0 Å². The van der Waals surface area contributed by atoms with E-state index in [-0.39, 0.29) is 16.5 Å². The first-order valence-electron chi connectivity index (χ1n) is 6.56. The zero-order chi connectivity index (χ0) is 18.6. The van der Waals surface area contributed by atoms with Crippen molar-refractivity contribution >= 4 is 29.0 Å². The third kappa shape index (κ3) is 5.14. The van der Waals surface area contributed by atoms with E-state index in [4.69, 9.17) is 0 Å². The average Bonchev–Trinajstić information content (AvgIpc) is 2.54. The van der Waals surface area contributed by atoms with Gasteiger partial charge in [-0.1, -0.05) is 11.8 Å². The molecule has 11 heteroatoms. The highest BCUT2D eigenvalue weighted by molar-refractivity contribution is 7.99. The largest absolute Gasteiger partial charge is 0.417 e. The Morgan fingerprint density at radius 3 is 2.56 bits per heavy atom. The van der Waals surface area contributed by atoms with Gasteiger partial charge in [-0.05, 0) is 18.2 Å². The van der Waals surface area contributed by atoms with Crippen LogP contribution in [0.1, 0.15) is 5.56 Å². The Labute approximate surface area is 142 Å². The van der Waals surface area contributed by atoms with Gasteiger partial charge in [-0.15, -0.1) is 0 Å². The number of nitro groups is 1. The number of thioether (sulfide) groups is 1. The van der Waals surface area contributed by atoms with Crippen molar-refractivity contribution in [3.05, 3.63) is 58.0 Å². The fraction of sp³-hybridized carbons (Fsp3) is 0.143. The lowest BCUT2D eigenvalue weighted by Gasteiger charge is -2.07. The molecular weight excluding hydrogens is 366 g/mol. The molecule has 1 N–H and O–H groups in total. The smallest absolute Gasteiger partial charge is 0.323 e. The van der Waals surface area contributed by atoms with Crippen LogP contribution in [-0.4, -0.2) is 21.6 Å². The number of hydrogen-bond acceptors (Lipinski definition) is 5. The fourth-order valence-electron chi connectivity index (χ4n) is 1.68. The Balaban J connectivity index is 1.97. The summed E-state index contributed by atoms with van der Waals surface area (Å²) in [7, 11) is 0. The van der Waals surface area contributed by atoms with Crippen LogP contribution in [0.25, 0.3) is 0 Å². The van der Waals surface area contributed by atoms with Crippen molar-refractivity contribution in [3.63, 3.8) is 0 Å². The van der Waals surface area contributed by atoms with Crippen LogP contribution in [0.5, 0.6) is 0 Å². The number of non-ortho nitro benzene ring substituents is 1. The topological polar surface area (TPSA) is 85.1 Å². The quantitative estimate of drug-likeness (QED) is 0.371.